The summed E-state index contributed by atoms with van der Waals surface area (Å²) in [4.78, 5) is 12.4. The average molecular weight is 751 g/mol. The summed E-state index contributed by atoms with van der Waals surface area (Å²) in [6.07, 6.45) is -17.2. The number of para-hydroxylation sites is 1. The number of aliphatic hydroxyl groups is 11. The number of fused-ring (bicyclic) bond motifs is 1. The number of carboxylic acids is 1. The molecule has 4 aliphatic rings. The van der Waals surface area contributed by atoms with Gasteiger partial charge in [-0.1, -0.05) is 18.2 Å². The fraction of sp³-hybridized carbons (Fsp3) is 0.788. The van der Waals surface area contributed by atoms with Crippen molar-refractivity contribution in [2.24, 2.45) is 29.6 Å². The molecule has 16 atom stereocenters. The van der Waals surface area contributed by atoms with E-state index in [1.165, 1.54) is 0 Å². The van der Waals surface area contributed by atoms with Crippen LogP contribution in [0.15, 0.2) is 30.3 Å². The Morgan fingerprint density at radius 3 is 2.17 bits per heavy atom. The van der Waals surface area contributed by atoms with Crippen molar-refractivity contribution in [3.63, 3.8) is 0 Å². The molecule has 0 spiro atoms. The average Bonchev–Trinajstić information content (AvgIpc) is 3.49. The summed E-state index contributed by atoms with van der Waals surface area (Å²) in [7, 11) is 0. The number of hydrogen-bond donors (Lipinski definition) is 12. The van der Waals surface area contributed by atoms with Gasteiger partial charge in [0, 0.05) is 38.1 Å². The number of aliphatic carboxylic acids is 1. The molecule has 2 heterocycles. The minimum atomic E-state index is -2.43. The van der Waals surface area contributed by atoms with Crippen molar-refractivity contribution in [3.05, 3.63) is 30.3 Å². The number of carbonyl (C=O) groups is 1. The maximum atomic E-state index is 12.4. The Bertz CT molecular complexity index is 1290. The maximum absolute atomic E-state index is 12.4. The molecular weight excluding hydrogens is 700 g/mol. The second-order valence-electron chi connectivity index (χ2n) is 13.8. The Hall–Kier alpha value is -2.15. The normalized spacial score (nSPS) is 41.4. The van der Waals surface area contributed by atoms with Crippen molar-refractivity contribution < 1.29 is 94.5 Å². The van der Waals surface area contributed by atoms with E-state index in [-0.39, 0.29) is 26.1 Å². The third kappa shape index (κ3) is 7.83. The number of ether oxygens (including phenoxy) is 6. The summed E-state index contributed by atoms with van der Waals surface area (Å²) in [5.41, 5.74) is 0. The molecule has 296 valence electrons. The largest absolute Gasteiger partial charge is 0.491 e. The highest BCUT2D eigenvalue weighted by molar-refractivity contribution is 5.76. The van der Waals surface area contributed by atoms with E-state index in [4.69, 9.17) is 28.4 Å². The highest BCUT2D eigenvalue weighted by Crippen LogP contribution is 2.56. The summed E-state index contributed by atoms with van der Waals surface area (Å²) >= 11 is 0. The topological polar surface area (TPSA) is 315 Å². The van der Waals surface area contributed by atoms with Gasteiger partial charge in [-0.25, -0.2) is 4.79 Å². The monoisotopic (exact) mass is 750 g/mol. The lowest BCUT2D eigenvalue weighted by Gasteiger charge is -2.53. The summed E-state index contributed by atoms with van der Waals surface area (Å²) in [5.74, 6) is -11.8. The van der Waals surface area contributed by atoms with Crippen LogP contribution in [0.4, 0.5) is 0 Å². The smallest absolute Gasteiger partial charge is 0.364 e. The molecule has 0 amide bonds. The molecule has 16 unspecified atom stereocenters. The van der Waals surface area contributed by atoms with Gasteiger partial charge in [0.2, 0.25) is 0 Å². The van der Waals surface area contributed by atoms with E-state index in [1.807, 2.05) is 0 Å². The second kappa shape index (κ2) is 17.1. The summed E-state index contributed by atoms with van der Waals surface area (Å²) < 4.78 is 34.3. The van der Waals surface area contributed by atoms with Crippen molar-refractivity contribution >= 4 is 5.97 Å². The van der Waals surface area contributed by atoms with E-state index in [2.05, 4.69) is 0 Å². The highest BCUT2D eigenvalue weighted by atomic mass is 16.8. The van der Waals surface area contributed by atoms with E-state index >= 15 is 0 Å². The number of hydrogen-bond acceptors (Lipinski definition) is 18. The van der Waals surface area contributed by atoms with Gasteiger partial charge in [-0.05, 0) is 30.9 Å². The van der Waals surface area contributed by atoms with Crippen LogP contribution < -0.4 is 4.74 Å². The van der Waals surface area contributed by atoms with Crippen molar-refractivity contribution in [3.8, 4) is 5.75 Å². The fourth-order valence-corrected chi connectivity index (χ4v) is 8.01. The molecule has 52 heavy (non-hydrogen) atoms. The first-order valence-corrected chi connectivity index (χ1v) is 17.2. The van der Waals surface area contributed by atoms with E-state index in [0.29, 0.717) is 5.75 Å². The zero-order chi connectivity index (χ0) is 38.0. The highest BCUT2D eigenvalue weighted by Gasteiger charge is 2.74. The van der Waals surface area contributed by atoms with Gasteiger partial charge in [-0.15, -0.1) is 0 Å². The van der Waals surface area contributed by atoms with Gasteiger partial charge in [0.05, 0.1) is 67.8 Å². The third-order valence-electron chi connectivity index (χ3n) is 10.7. The molecule has 0 aromatic heterocycles. The molecule has 5 rings (SSSR count). The Kier molecular flexibility index (Phi) is 13.5. The van der Waals surface area contributed by atoms with Gasteiger partial charge >= 0.3 is 5.97 Å². The van der Waals surface area contributed by atoms with E-state index in [9.17, 15) is 66.1 Å². The molecule has 12 N–H and O–H groups in total. The van der Waals surface area contributed by atoms with Crippen LogP contribution in [0, 0.1) is 29.6 Å². The van der Waals surface area contributed by atoms with Gasteiger partial charge in [0.15, 0.2) is 18.4 Å². The zero-order valence-corrected chi connectivity index (χ0v) is 28.1. The summed E-state index contributed by atoms with van der Waals surface area (Å²) in [6.45, 7) is -2.85. The minimum Gasteiger partial charge on any atom is -0.491 e. The maximum Gasteiger partial charge on any atom is 0.364 e. The molecule has 2 aliphatic carbocycles. The molecule has 19 nitrogen and oxygen atoms in total. The standard InChI is InChI=1S/C33H50O19/c34-7-6-21-27(19(38)11-32(51-21,31(44)45)48-9-8-47-16-4-2-1-3-5-16)50-30-23-28(26(42)22(20(39)14-37)33(23,46)52-30)49-29(43)18-10-17(15(12-35)13-36)24(40)25(18)41/h1-5,15,17-30,34-43,46H,6-14H2,(H,44,45). The molecule has 2 saturated carbocycles. The van der Waals surface area contributed by atoms with Gasteiger partial charge in [-0.2, -0.15) is 0 Å². The van der Waals surface area contributed by atoms with Gasteiger partial charge in [-0.3, -0.25) is 0 Å². The lowest BCUT2D eigenvalue weighted by atomic mass is 9.85. The summed E-state index contributed by atoms with van der Waals surface area (Å²) in [5, 5.41) is 126. The third-order valence-corrected chi connectivity index (χ3v) is 10.7. The van der Waals surface area contributed by atoms with Crippen LogP contribution in [0.25, 0.3) is 0 Å². The van der Waals surface area contributed by atoms with E-state index < -0.39 is 141 Å². The van der Waals surface area contributed by atoms with Gasteiger partial charge < -0.3 is 89.7 Å². The van der Waals surface area contributed by atoms with Crippen LogP contribution in [-0.4, -0.2) is 180 Å². The van der Waals surface area contributed by atoms with Crippen LogP contribution >= 0.6 is 0 Å². The number of carboxylic acid groups (broad SMARTS) is 1. The van der Waals surface area contributed by atoms with Crippen molar-refractivity contribution in [1.82, 2.24) is 0 Å². The first-order chi connectivity index (χ1) is 24.8. The first kappa shape index (κ1) is 41.0. The molecular formula is C33H50O19. The first-order valence-electron chi connectivity index (χ1n) is 17.2. The molecule has 19 heteroatoms. The van der Waals surface area contributed by atoms with Crippen molar-refractivity contribution in [1.29, 1.82) is 0 Å². The predicted octanol–water partition coefficient (Wildman–Crippen LogP) is -4.55. The lowest BCUT2D eigenvalue weighted by molar-refractivity contribution is -0.461. The van der Waals surface area contributed by atoms with Gasteiger partial charge in [0.1, 0.15) is 18.5 Å². The Labute approximate surface area is 298 Å². The molecule has 0 radical (unpaired) electrons. The van der Waals surface area contributed by atoms with Crippen molar-refractivity contribution in [2.45, 2.75) is 92.2 Å². The molecule has 4 fully saturated rings. The molecule has 2 saturated heterocycles. The van der Waals surface area contributed by atoms with E-state index in [0.717, 1.165) is 0 Å². The number of rotatable bonds is 18. The van der Waals surface area contributed by atoms with Crippen LogP contribution in [0.2, 0.25) is 0 Å². The zero-order valence-electron chi connectivity index (χ0n) is 28.1. The fourth-order valence-electron chi connectivity index (χ4n) is 8.01. The van der Waals surface area contributed by atoms with Crippen LogP contribution in [0.1, 0.15) is 19.3 Å². The van der Waals surface area contributed by atoms with Crippen molar-refractivity contribution in [2.75, 3.05) is 39.6 Å². The number of aliphatic hydroxyl groups excluding tert-OH is 10. The van der Waals surface area contributed by atoms with Gasteiger partial charge in [0.25, 0.3) is 5.79 Å². The Morgan fingerprint density at radius 2 is 1.56 bits per heavy atom. The summed E-state index contributed by atoms with van der Waals surface area (Å²) in [6, 6.07) is 8.65. The number of benzene rings is 1. The second-order valence-corrected chi connectivity index (χ2v) is 13.8. The molecule has 2 aliphatic heterocycles. The molecule has 0 bridgehead atoms. The Balaban J connectivity index is 1.31. The Morgan fingerprint density at radius 1 is 0.885 bits per heavy atom. The SMILES string of the molecule is O=C(O)C1(OCCOc2ccccc2)CC(O)C(OC2OC3(O)C(C(O)CO)C(O)C(OC(O)C4CC(C(CO)CO)C(O)C4O)C23)C(CCO)O1. The minimum absolute atomic E-state index is 0.0728. The van der Waals surface area contributed by atoms with Crippen LogP contribution in [-0.2, 0) is 28.5 Å². The van der Waals surface area contributed by atoms with Crippen LogP contribution in [0.3, 0.4) is 0 Å². The molecule has 1 aromatic carbocycles. The lowest BCUT2D eigenvalue weighted by Crippen LogP contribution is -2.68. The van der Waals surface area contributed by atoms with E-state index in [1.54, 1.807) is 30.3 Å². The van der Waals surface area contributed by atoms with Crippen LogP contribution in [0.5, 0.6) is 5.75 Å². The molecule has 1 aromatic rings. The quantitative estimate of drug-likeness (QED) is 0.0496. The predicted molar refractivity (Wildman–Crippen MR) is 168 cm³/mol.